The van der Waals surface area contributed by atoms with Gasteiger partial charge in [-0.25, -0.2) is 0 Å². The van der Waals surface area contributed by atoms with Crippen LogP contribution in [0.4, 0.5) is 5.69 Å². The molecule has 0 spiro atoms. The highest BCUT2D eigenvalue weighted by Gasteiger charge is 2.25. The maximum absolute atomic E-state index is 13.3. The van der Waals surface area contributed by atoms with Crippen LogP contribution in [0.5, 0.6) is 5.75 Å². The van der Waals surface area contributed by atoms with Gasteiger partial charge in [0.15, 0.2) is 5.52 Å². The highest BCUT2D eigenvalue weighted by molar-refractivity contribution is 5.84. The second-order valence-corrected chi connectivity index (χ2v) is 8.69. The first kappa shape index (κ1) is 23.7. The number of fused-ring (bicyclic) bond motifs is 2. The van der Waals surface area contributed by atoms with Gasteiger partial charge in [0.1, 0.15) is 5.75 Å². The Balaban J connectivity index is 1.43. The van der Waals surface area contributed by atoms with E-state index in [1.54, 1.807) is 36.4 Å². The molecule has 0 radical (unpaired) electrons. The lowest BCUT2D eigenvalue weighted by Gasteiger charge is -2.29. The molecule has 1 aromatic heterocycles. The van der Waals surface area contributed by atoms with Crippen molar-refractivity contribution in [2.24, 2.45) is 0 Å². The summed E-state index contributed by atoms with van der Waals surface area (Å²) in [7, 11) is 0. The zero-order valence-electron chi connectivity index (χ0n) is 20.2. The van der Waals surface area contributed by atoms with E-state index in [0.29, 0.717) is 37.6 Å². The molecule has 0 saturated carbocycles. The van der Waals surface area contributed by atoms with Crippen LogP contribution in [0.25, 0.3) is 22.2 Å². The average Bonchev–Trinajstić information content (AvgIpc) is 3.20. The molecule has 3 aliphatic rings. The number of rotatable bonds is 7. The van der Waals surface area contributed by atoms with Crippen LogP contribution >= 0.6 is 0 Å². The first-order valence-electron chi connectivity index (χ1n) is 12.2. The topological polar surface area (TPSA) is 101 Å². The summed E-state index contributed by atoms with van der Waals surface area (Å²) in [5, 5.41) is 16.5. The normalized spacial score (nSPS) is 13.9. The maximum Gasteiger partial charge on any atom is 0.220 e. The van der Waals surface area contributed by atoms with Gasteiger partial charge in [-0.1, -0.05) is 42.5 Å². The highest BCUT2D eigenvalue weighted by Crippen LogP contribution is 2.28. The first-order chi connectivity index (χ1) is 17.6. The van der Waals surface area contributed by atoms with Crippen LogP contribution in [0.15, 0.2) is 64.2 Å². The van der Waals surface area contributed by atoms with Crippen molar-refractivity contribution in [3.8, 4) is 16.9 Å². The van der Waals surface area contributed by atoms with Crippen molar-refractivity contribution in [2.45, 2.75) is 26.3 Å². The van der Waals surface area contributed by atoms with E-state index in [9.17, 15) is 14.8 Å². The van der Waals surface area contributed by atoms with Crippen molar-refractivity contribution >= 4 is 16.7 Å². The molecule has 186 valence electrons. The Morgan fingerprint density at radius 2 is 1.75 bits per heavy atom. The molecule has 0 unspecified atom stereocenters. The van der Waals surface area contributed by atoms with Crippen LogP contribution in [0, 0.1) is 5.21 Å². The zero-order valence-corrected chi connectivity index (χ0v) is 20.2. The number of hydrogen-bond acceptors (Lipinski definition) is 7. The molecule has 1 aromatic carbocycles. The van der Waals surface area contributed by atoms with E-state index in [2.05, 4.69) is 28.2 Å². The predicted molar refractivity (Wildman–Crippen MR) is 137 cm³/mol. The fourth-order valence-corrected chi connectivity index (χ4v) is 4.71. The Morgan fingerprint density at radius 1 is 1.03 bits per heavy atom. The van der Waals surface area contributed by atoms with E-state index in [1.165, 1.54) is 4.68 Å². The Bertz CT molecular complexity index is 1480. The Morgan fingerprint density at radius 3 is 2.47 bits per heavy atom. The third-order valence-corrected chi connectivity index (χ3v) is 6.49. The van der Waals surface area contributed by atoms with Crippen LogP contribution in [-0.2, 0) is 17.7 Å². The van der Waals surface area contributed by atoms with Gasteiger partial charge in [-0.2, -0.15) is 0 Å². The molecule has 0 N–H and O–H groups in total. The third kappa shape index (κ3) is 4.49. The van der Waals surface area contributed by atoms with Crippen molar-refractivity contribution < 1.29 is 14.4 Å². The SMILES string of the molecule is CCOc1cc(N2CCOCC2)ccc1CCCn1c2c(=O)c3ccccccc-3c(=O)c2n[n+]1[O-]. The predicted octanol–water partition coefficient (Wildman–Crippen LogP) is 2.36. The van der Waals surface area contributed by atoms with Gasteiger partial charge < -0.3 is 19.6 Å². The van der Waals surface area contributed by atoms with E-state index in [-0.39, 0.29) is 34.1 Å². The van der Waals surface area contributed by atoms with Crippen molar-refractivity contribution in [1.29, 1.82) is 0 Å². The van der Waals surface area contributed by atoms with Gasteiger partial charge >= 0.3 is 0 Å². The Kier molecular flexibility index (Phi) is 6.81. The molecule has 1 aliphatic heterocycles. The van der Waals surface area contributed by atoms with Gasteiger partial charge in [-0.15, -0.1) is 4.68 Å². The molecule has 0 amide bonds. The lowest BCUT2D eigenvalue weighted by molar-refractivity contribution is -0.746. The van der Waals surface area contributed by atoms with Crippen LogP contribution in [0.1, 0.15) is 18.9 Å². The number of nitrogens with zero attached hydrogens (tertiary/aromatic N) is 4. The van der Waals surface area contributed by atoms with Gasteiger partial charge in [0.05, 0.1) is 26.4 Å². The molecule has 0 atom stereocenters. The zero-order chi connectivity index (χ0) is 25.1. The van der Waals surface area contributed by atoms with Gasteiger partial charge in [0.25, 0.3) is 0 Å². The summed E-state index contributed by atoms with van der Waals surface area (Å²) in [6.45, 7) is 5.82. The Labute approximate surface area is 208 Å². The lowest BCUT2D eigenvalue weighted by atomic mass is 10.0. The number of aryl methyl sites for hydroxylation is 2. The summed E-state index contributed by atoms with van der Waals surface area (Å²) in [6, 6.07) is 16.3. The molecule has 5 rings (SSSR count). The molecular formula is C27H28N4O5. The van der Waals surface area contributed by atoms with Crippen molar-refractivity contribution in [3.63, 3.8) is 0 Å². The smallest absolute Gasteiger partial charge is 0.220 e. The monoisotopic (exact) mass is 488 g/mol. The van der Waals surface area contributed by atoms with Crippen LogP contribution < -0.4 is 25.5 Å². The third-order valence-electron chi connectivity index (χ3n) is 6.49. The molecular weight excluding hydrogens is 460 g/mol. The minimum atomic E-state index is -0.420. The quantitative estimate of drug-likeness (QED) is 0.291. The summed E-state index contributed by atoms with van der Waals surface area (Å²) in [6.07, 6.45) is 1.20. The minimum Gasteiger partial charge on any atom is -0.571 e. The first-order valence-corrected chi connectivity index (χ1v) is 12.2. The van der Waals surface area contributed by atoms with E-state index in [0.717, 1.165) is 30.1 Å². The van der Waals surface area contributed by atoms with Crippen LogP contribution in [0.2, 0.25) is 0 Å². The summed E-state index contributed by atoms with van der Waals surface area (Å²) in [5.74, 6) is 0.810. The average molecular weight is 489 g/mol. The summed E-state index contributed by atoms with van der Waals surface area (Å²) in [5.41, 5.74) is 1.79. The molecule has 9 nitrogen and oxygen atoms in total. The number of aromatic nitrogens is 3. The number of ether oxygens (including phenoxy) is 2. The van der Waals surface area contributed by atoms with E-state index < -0.39 is 5.43 Å². The standard InChI is InChI=1S/C27H28N4O5/c1-2-36-23-18-20(29-14-16-35-17-15-29)12-11-19(23)8-7-13-30-25-24(28-31(30)34)26(32)21-9-5-3-4-6-10-22(21)27(25)33/h3-6,9-12,18H,2,7-8,13-17H2,1H3. The fraction of sp³-hybridized carbons (Fsp3) is 0.333. The molecule has 9 heteroatoms. The molecule has 2 aliphatic carbocycles. The van der Waals surface area contributed by atoms with Crippen molar-refractivity contribution in [3.05, 3.63) is 85.8 Å². The summed E-state index contributed by atoms with van der Waals surface area (Å²) < 4.78 is 12.6. The van der Waals surface area contributed by atoms with Crippen molar-refractivity contribution in [2.75, 3.05) is 37.8 Å². The summed E-state index contributed by atoms with van der Waals surface area (Å²) in [4.78, 5) is 28.9. The molecule has 36 heavy (non-hydrogen) atoms. The van der Waals surface area contributed by atoms with Gasteiger partial charge in [-0.3, -0.25) is 9.59 Å². The maximum atomic E-state index is 13.3. The fourth-order valence-electron chi connectivity index (χ4n) is 4.71. The van der Waals surface area contributed by atoms with E-state index in [1.807, 2.05) is 6.92 Å². The number of benzene rings is 2. The van der Waals surface area contributed by atoms with Gasteiger partial charge in [0.2, 0.25) is 16.4 Å². The van der Waals surface area contributed by atoms with Crippen LogP contribution in [0.3, 0.4) is 0 Å². The molecule has 1 saturated heterocycles. The minimum absolute atomic E-state index is 0.0454. The molecule has 2 heterocycles. The molecule has 0 bridgehead atoms. The van der Waals surface area contributed by atoms with E-state index in [4.69, 9.17) is 9.47 Å². The van der Waals surface area contributed by atoms with Crippen molar-refractivity contribution in [1.82, 2.24) is 9.78 Å². The largest absolute Gasteiger partial charge is 0.571 e. The number of hydrogen-bond donors (Lipinski definition) is 0. The highest BCUT2D eigenvalue weighted by atomic mass is 16.5. The molecule has 2 aromatic rings. The number of morpholine rings is 1. The van der Waals surface area contributed by atoms with Crippen LogP contribution in [-0.4, -0.2) is 42.7 Å². The Hall–Kier alpha value is -3.98. The second-order valence-electron chi connectivity index (χ2n) is 8.69. The van der Waals surface area contributed by atoms with Gasteiger partial charge in [-0.05, 0) is 31.4 Å². The lowest BCUT2D eigenvalue weighted by Crippen LogP contribution is -2.40. The second kappa shape index (κ2) is 10.3. The number of anilines is 1. The van der Waals surface area contributed by atoms with E-state index >= 15 is 0 Å². The summed E-state index contributed by atoms with van der Waals surface area (Å²) >= 11 is 0. The molecule has 1 fully saturated rings. The van der Waals surface area contributed by atoms with Gasteiger partial charge in [0, 0.05) is 46.0 Å².